The van der Waals surface area contributed by atoms with E-state index in [2.05, 4.69) is 20.4 Å². The zero-order chi connectivity index (χ0) is 21.3. The van der Waals surface area contributed by atoms with E-state index in [1.54, 1.807) is 31.3 Å². The largest absolute Gasteiger partial charge is 0.444 e. The topological polar surface area (TPSA) is 129 Å². The van der Waals surface area contributed by atoms with E-state index in [9.17, 15) is 14.0 Å². The second-order valence-corrected chi connectivity index (χ2v) is 6.82. The molecule has 0 spiro atoms. The van der Waals surface area contributed by atoms with Gasteiger partial charge in [0.2, 0.25) is 11.7 Å². The third kappa shape index (κ3) is 3.95. The van der Waals surface area contributed by atoms with Crippen molar-refractivity contribution in [1.82, 2.24) is 25.2 Å². The third-order valence-corrected chi connectivity index (χ3v) is 4.66. The quantitative estimate of drug-likeness (QED) is 0.653. The van der Waals surface area contributed by atoms with Crippen molar-refractivity contribution in [2.24, 2.45) is 12.8 Å². The van der Waals surface area contributed by atoms with Gasteiger partial charge in [0.1, 0.15) is 17.6 Å². The Morgan fingerprint density at radius 2 is 2.17 bits per heavy atom. The molecule has 10 nitrogen and oxygen atoms in total. The summed E-state index contributed by atoms with van der Waals surface area (Å²) in [5, 5.41) is 11.7. The summed E-state index contributed by atoms with van der Waals surface area (Å²) in [6, 6.07) is 7.87. The highest BCUT2D eigenvalue weighted by atomic mass is 19.1. The van der Waals surface area contributed by atoms with Crippen LogP contribution in [0.15, 0.2) is 36.5 Å². The summed E-state index contributed by atoms with van der Waals surface area (Å²) in [4.78, 5) is 29.9. The van der Waals surface area contributed by atoms with Gasteiger partial charge in [-0.2, -0.15) is 4.80 Å². The Kier molecular flexibility index (Phi) is 5.09. The SMILES string of the molecule is Cn1nnc(-c2ccc(-c3ccc(N4CC(CCC(N)=O)OC4=O)cc3F)cn2)n1. The van der Waals surface area contributed by atoms with Crippen LogP contribution in [0.4, 0.5) is 14.9 Å². The number of rotatable bonds is 6. The summed E-state index contributed by atoms with van der Waals surface area (Å²) in [6.07, 6.45) is 0.926. The van der Waals surface area contributed by atoms with E-state index in [1.807, 2.05) is 0 Å². The average molecular weight is 411 g/mol. The van der Waals surface area contributed by atoms with Crippen molar-refractivity contribution in [3.8, 4) is 22.6 Å². The first-order chi connectivity index (χ1) is 14.4. The Morgan fingerprint density at radius 3 is 2.80 bits per heavy atom. The lowest BCUT2D eigenvalue weighted by molar-refractivity contribution is -0.118. The van der Waals surface area contributed by atoms with E-state index in [1.165, 1.54) is 22.0 Å². The number of aromatic nitrogens is 5. The van der Waals surface area contributed by atoms with Crippen LogP contribution in [0.5, 0.6) is 0 Å². The van der Waals surface area contributed by atoms with Crippen LogP contribution in [0.2, 0.25) is 0 Å². The molecule has 0 bridgehead atoms. The molecule has 2 amide bonds. The maximum absolute atomic E-state index is 14.8. The highest BCUT2D eigenvalue weighted by molar-refractivity contribution is 5.90. The van der Waals surface area contributed by atoms with Gasteiger partial charge in [-0.25, -0.2) is 9.18 Å². The monoisotopic (exact) mass is 411 g/mol. The van der Waals surface area contributed by atoms with Crippen LogP contribution >= 0.6 is 0 Å². The molecule has 2 N–H and O–H groups in total. The number of benzene rings is 1. The van der Waals surface area contributed by atoms with Crippen LogP contribution in [-0.2, 0) is 16.6 Å². The molecule has 1 aliphatic heterocycles. The fraction of sp³-hybridized carbons (Fsp3) is 0.263. The van der Waals surface area contributed by atoms with Gasteiger partial charge in [0, 0.05) is 23.7 Å². The summed E-state index contributed by atoms with van der Waals surface area (Å²) in [5.74, 6) is -0.596. The molecule has 3 heterocycles. The number of ether oxygens (including phenoxy) is 1. The number of carbonyl (C=O) groups excluding carboxylic acids is 2. The number of carbonyl (C=O) groups is 2. The van der Waals surface area contributed by atoms with Gasteiger partial charge in [-0.15, -0.1) is 10.2 Å². The maximum atomic E-state index is 14.8. The molecular formula is C19H18FN7O3. The van der Waals surface area contributed by atoms with Crippen molar-refractivity contribution in [2.45, 2.75) is 18.9 Å². The highest BCUT2D eigenvalue weighted by Crippen LogP contribution is 2.30. The average Bonchev–Trinajstić information content (AvgIpc) is 3.32. The maximum Gasteiger partial charge on any atom is 0.414 e. The van der Waals surface area contributed by atoms with Crippen LogP contribution < -0.4 is 10.6 Å². The van der Waals surface area contributed by atoms with Crippen LogP contribution in [0, 0.1) is 5.82 Å². The number of amides is 2. The summed E-state index contributed by atoms with van der Waals surface area (Å²) >= 11 is 0. The minimum atomic E-state index is -0.584. The van der Waals surface area contributed by atoms with E-state index in [4.69, 9.17) is 10.5 Å². The summed E-state index contributed by atoms with van der Waals surface area (Å²) < 4.78 is 20.0. The Morgan fingerprint density at radius 1 is 1.33 bits per heavy atom. The molecule has 11 heteroatoms. The van der Waals surface area contributed by atoms with Crippen LogP contribution in [0.1, 0.15) is 12.8 Å². The van der Waals surface area contributed by atoms with E-state index < -0.39 is 23.9 Å². The second-order valence-electron chi connectivity index (χ2n) is 6.82. The van der Waals surface area contributed by atoms with Crippen LogP contribution in [0.25, 0.3) is 22.6 Å². The first-order valence-corrected chi connectivity index (χ1v) is 9.17. The Labute approximate surface area is 170 Å². The van der Waals surface area contributed by atoms with Crippen LogP contribution in [0.3, 0.4) is 0 Å². The van der Waals surface area contributed by atoms with Gasteiger partial charge in [-0.1, -0.05) is 6.07 Å². The summed E-state index contributed by atoms with van der Waals surface area (Å²) in [5.41, 5.74) is 6.92. The zero-order valence-electron chi connectivity index (χ0n) is 16.0. The molecule has 0 radical (unpaired) electrons. The Bertz CT molecular complexity index is 1100. The predicted molar refractivity (Wildman–Crippen MR) is 103 cm³/mol. The second kappa shape index (κ2) is 7.85. The third-order valence-electron chi connectivity index (χ3n) is 4.66. The lowest BCUT2D eigenvalue weighted by atomic mass is 10.1. The lowest BCUT2D eigenvalue weighted by Crippen LogP contribution is -2.25. The van der Waals surface area contributed by atoms with E-state index in [-0.39, 0.29) is 13.0 Å². The van der Waals surface area contributed by atoms with Crippen molar-refractivity contribution in [2.75, 3.05) is 11.4 Å². The number of cyclic esters (lactones) is 1. The van der Waals surface area contributed by atoms with Gasteiger partial charge in [0.15, 0.2) is 0 Å². The molecule has 1 aliphatic rings. The van der Waals surface area contributed by atoms with E-state index in [0.717, 1.165) is 0 Å². The van der Waals surface area contributed by atoms with Crippen molar-refractivity contribution in [1.29, 1.82) is 0 Å². The number of hydrogen-bond acceptors (Lipinski definition) is 7. The number of anilines is 1. The molecule has 154 valence electrons. The molecule has 1 atom stereocenters. The minimum absolute atomic E-state index is 0.117. The molecular weight excluding hydrogens is 393 g/mol. The summed E-state index contributed by atoms with van der Waals surface area (Å²) in [7, 11) is 1.65. The lowest BCUT2D eigenvalue weighted by Gasteiger charge is -2.14. The Hall–Kier alpha value is -3.89. The number of nitrogens with zero attached hydrogens (tertiary/aromatic N) is 6. The standard InChI is InChI=1S/C19H18FN7O3/c1-26-24-18(23-25-26)16-6-2-11(9-22-16)14-5-3-12(8-15(14)20)27-10-13(30-19(27)29)4-7-17(21)28/h2-3,5-6,8-9,13H,4,7,10H2,1H3,(H2,21,28). The number of pyridine rings is 1. The zero-order valence-corrected chi connectivity index (χ0v) is 16.0. The normalized spacial score (nSPS) is 16.0. The van der Waals surface area contributed by atoms with Gasteiger partial charge in [-0.05, 0) is 35.9 Å². The van der Waals surface area contributed by atoms with Crippen molar-refractivity contribution < 1.29 is 18.7 Å². The fourth-order valence-electron chi connectivity index (χ4n) is 3.16. The van der Waals surface area contributed by atoms with E-state index in [0.29, 0.717) is 34.8 Å². The highest BCUT2D eigenvalue weighted by Gasteiger charge is 2.32. The molecule has 0 aliphatic carbocycles. The molecule has 3 aromatic rings. The van der Waals surface area contributed by atoms with Gasteiger partial charge >= 0.3 is 6.09 Å². The van der Waals surface area contributed by atoms with Gasteiger partial charge in [0.05, 0.1) is 19.3 Å². The van der Waals surface area contributed by atoms with E-state index >= 15 is 0 Å². The number of nitrogens with two attached hydrogens (primary N) is 1. The predicted octanol–water partition coefficient (Wildman–Crippen LogP) is 1.67. The molecule has 30 heavy (non-hydrogen) atoms. The van der Waals surface area contributed by atoms with Crippen molar-refractivity contribution >= 4 is 17.7 Å². The van der Waals surface area contributed by atoms with Gasteiger partial charge < -0.3 is 10.5 Å². The van der Waals surface area contributed by atoms with Gasteiger partial charge in [-0.3, -0.25) is 14.7 Å². The molecule has 2 aromatic heterocycles. The van der Waals surface area contributed by atoms with Crippen molar-refractivity contribution in [3.05, 3.63) is 42.3 Å². The molecule has 1 saturated heterocycles. The molecule has 4 rings (SSSR count). The smallest absolute Gasteiger partial charge is 0.414 e. The number of hydrogen-bond donors (Lipinski definition) is 1. The minimum Gasteiger partial charge on any atom is -0.444 e. The molecule has 1 aromatic carbocycles. The van der Waals surface area contributed by atoms with Gasteiger partial charge in [0.25, 0.3) is 0 Å². The first kappa shape index (κ1) is 19.4. The number of aryl methyl sites for hydroxylation is 1. The fourth-order valence-corrected chi connectivity index (χ4v) is 3.16. The first-order valence-electron chi connectivity index (χ1n) is 9.17. The number of primary amides is 1. The van der Waals surface area contributed by atoms with Crippen LogP contribution in [-0.4, -0.2) is 49.8 Å². The number of tetrazole rings is 1. The molecule has 1 unspecified atom stereocenters. The van der Waals surface area contributed by atoms with Crippen molar-refractivity contribution in [3.63, 3.8) is 0 Å². The Balaban J connectivity index is 1.51. The number of halogens is 1. The summed E-state index contributed by atoms with van der Waals surface area (Å²) in [6.45, 7) is 0.228. The molecule has 0 saturated carbocycles. The molecule has 1 fully saturated rings.